The summed E-state index contributed by atoms with van der Waals surface area (Å²) in [4.78, 5) is 0. The number of fused-ring (bicyclic) bond motifs is 1. The van der Waals surface area contributed by atoms with Crippen molar-refractivity contribution in [3.63, 3.8) is 0 Å². The average Bonchev–Trinajstić information content (AvgIpc) is 2.69. The highest BCUT2D eigenvalue weighted by Crippen LogP contribution is 2.46. The van der Waals surface area contributed by atoms with E-state index in [0.29, 0.717) is 5.92 Å². The zero-order chi connectivity index (χ0) is 14.3. The molecule has 0 aromatic heterocycles. The Morgan fingerprint density at radius 1 is 1.16 bits per heavy atom. The summed E-state index contributed by atoms with van der Waals surface area (Å²) in [6.45, 7) is 14.0. The molecule has 0 unspecified atom stereocenters. The summed E-state index contributed by atoms with van der Waals surface area (Å²) >= 11 is 0. The van der Waals surface area contributed by atoms with Gasteiger partial charge < -0.3 is 4.43 Å². The van der Waals surface area contributed by atoms with Crippen LogP contribution in [0.15, 0.2) is 30.0 Å². The molecule has 0 heterocycles. The van der Waals surface area contributed by atoms with Gasteiger partial charge in [-0.3, -0.25) is 0 Å². The van der Waals surface area contributed by atoms with Gasteiger partial charge in [0.1, 0.15) is 0 Å². The molecule has 0 saturated heterocycles. The van der Waals surface area contributed by atoms with Gasteiger partial charge in [0, 0.05) is 6.42 Å². The first-order valence-electron chi connectivity index (χ1n) is 7.21. The van der Waals surface area contributed by atoms with Crippen molar-refractivity contribution < 1.29 is 4.43 Å². The van der Waals surface area contributed by atoms with Crippen LogP contribution in [0.1, 0.15) is 38.8 Å². The summed E-state index contributed by atoms with van der Waals surface area (Å²) in [6, 6.07) is 8.58. The Morgan fingerprint density at radius 2 is 1.79 bits per heavy atom. The van der Waals surface area contributed by atoms with Crippen molar-refractivity contribution in [2.75, 3.05) is 0 Å². The van der Waals surface area contributed by atoms with E-state index in [4.69, 9.17) is 4.43 Å². The predicted octanol–water partition coefficient (Wildman–Crippen LogP) is 5.24. The molecule has 1 aromatic carbocycles. The molecule has 2 rings (SSSR count). The normalized spacial score (nSPS) is 15.4. The van der Waals surface area contributed by atoms with E-state index in [1.54, 1.807) is 0 Å². The van der Waals surface area contributed by atoms with Crippen LogP contribution < -0.4 is 0 Å². The first kappa shape index (κ1) is 14.4. The summed E-state index contributed by atoms with van der Waals surface area (Å²) < 4.78 is 6.51. The largest absolute Gasteiger partial charge is 0.546 e. The number of hydrogen-bond acceptors (Lipinski definition) is 1. The molecule has 1 aromatic rings. The van der Waals surface area contributed by atoms with Gasteiger partial charge in [0.05, 0.1) is 5.76 Å². The summed E-state index contributed by atoms with van der Waals surface area (Å²) in [7, 11) is -1.77. The molecule has 0 spiro atoms. The fraction of sp³-hybridized carbons (Fsp3) is 0.529. The summed E-state index contributed by atoms with van der Waals surface area (Å²) in [5.74, 6) is 1.80. The lowest BCUT2D eigenvalue weighted by molar-refractivity contribution is 0.336. The summed E-state index contributed by atoms with van der Waals surface area (Å²) in [5, 5.41) is 0.266. The summed E-state index contributed by atoms with van der Waals surface area (Å²) in [6.07, 6.45) is 3.18. The highest BCUT2D eigenvalue weighted by molar-refractivity contribution is 6.74. The second kappa shape index (κ2) is 4.82. The third kappa shape index (κ3) is 2.64. The molecule has 0 N–H and O–H groups in total. The third-order valence-electron chi connectivity index (χ3n) is 5.12. The Balaban J connectivity index is 2.16. The van der Waals surface area contributed by atoms with E-state index in [2.05, 4.69) is 71.1 Å². The van der Waals surface area contributed by atoms with Crippen LogP contribution in [0, 0.1) is 5.92 Å². The Morgan fingerprint density at radius 3 is 2.37 bits per heavy atom. The second-order valence-corrected chi connectivity index (χ2v) is 11.5. The zero-order valence-corrected chi connectivity index (χ0v) is 14.1. The highest BCUT2D eigenvalue weighted by Gasteiger charge is 2.45. The maximum Gasteiger partial charge on any atom is 0.250 e. The van der Waals surface area contributed by atoms with E-state index in [0.717, 1.165) is 12.2 Å². The molecule has 0 atom stereocenters. The van der Waals surface area contributed by atoms with E-state index < -0.39 is 8.32 Å². The minimum atomic E-state index is -1.77. The quantitative estimate of drug-likeness (QED) is 0.682. The van der Waals surface area contributed by atoms with Crippen molar-refractivity contribution in [2.24, 2.45) is 5.92 Å². The number of allylic oxidation sites excluding steroid dienone is 1. The van der Waals surface area contributed by atoms with Crippen LogP contribution in [0.4, 0.5) is 0 Å². The van der Waals surface area contributed by atoms with Crippen molar-refractivity contribution in [2.45, 2.75) is 52.2 Å². The van der Waals surface area contributed by atoms with E-state index in [1.807, 2.05) is 0 Å². The minimum Gasteiger partial charge on any atom is -0.546 e. The maximum absolute atomic E-state index is 6.51. The Hall–Kier alpha value is -1.02. The molecule has 1 aliphatic carbocycles. The first-order valence-corrected chi connectivity index (χ1v) is 10.1. The number of hydrogen-bond donors (Lipinski definition) is 0. The van der Waals surface area contributed by atoms with Crippen LogP contribution in [-0.2, 0) is 10.8 Å². The smallest absolute Gasteiger partial charge is 0.250 e. The second-order valence-electron chi connectivity index (χ2n) is 6.98. The third-order valence-corrected chi connectivity index (χ3v) is 9.57. The molecule has 0 aliphatic heterocycles. The van der Waals surface area contributed by atoms with Gasteiger partial charge in [-0.05, 0) is 41.3 Å². The van der Waals surface area contributed by atoms with E-state index in [9.17, 15) is 0 Å². The van der Waals surface area contributed by atoms with Crippen LogP contribution >= 0.6 is 0 Å². The first-order chi connectivity index (χ1) is 8.74. The lowest BCUT2D eigenvalue weighted by atomic mass is 9.99. The number of rotatable bonds is 4. The van der Waals surface area contributed by atoms with Crippen LogP contribution in [-0.4, -0.2) is 8.32 Å². The van der Waals surface area contributed by atoms with E-state index in [-0.39, 0.29) is 5.04 Å². The number of benzene rings is 1. The van der Waals surface area contributed by atoms with Gasteiger partial charge in [0.2, 0.25) is 0 Å². The van der Waals surface area contributed by atoms with Crippen molar-refractivity contribution in [3.05, 3.63) is 41.2 Å². The zero-order valence-electron chi connectivity index (χ0n) is 13.1. The van der Waals surface area contributed by atoms with Crippen molar-refractivity contribution in [1.29, 1.82) is 0 Å². The van der Waals surface area contributed by atoms with Crippen molar-refractivity contribution in [3.8, 4) is 0 Å². The van der Waals surface area contributed by atoms with E-state index in [1.165, 1.54) is 11.1 Å². The minimum absolute atomic E-state index is 0.266. The molecule has 2 heteroatoms. The SMILES string of the molecule is CC(C)C(C)(C)[Si](C)(C)OC1=Cc2ccccc2C1. The lowest BCUT2D eigenvalue weighted by Gasteiger charge is -2.42. The van der Waals surface area contributed by atoms with Gasteiger partial charge in [0.15, 0.2) is 0 Å². The molecule has 0 bridgehead atoms. The van der Waals surface area contributed by atoms with Gasteiger partial charge in [-0.1, -0.05) is 52.0 Å². The van der Waals surface area contributed by atoms with Gasteiger partial charge in [0.25, 0.3) is 8.32 Å². The molecule has 104 valence electrons. The van der Waals surface area contributed by atoms with E-state index >= 15 is 0 Å². The van der Waals surface area contributed by atoms with Gasteiger partial charge >= 0.3 is 0 Å². The van der Waals surface area contributed by atoms with Gasteiger partial charge in [-0.25, -0.2) is 0 Å². The van der Waals surface area contributed by atoms with Crippen LogP contribution in [0.2, 0.25) is 18.1 Å². The Bertz CT molecular complexity index is 498. The van der Waals surface area contributed by atoms with Crippen LogP contribution in [0.3, 0.4) is 0 Å². The monoisotopic (exact) mass is 274 g/mol. The van der Waals surface area contributed by atoms with Crippen molar-refractivity contribution in [1.82, 2.24) is 0 Å². The molecule has 19 heavy (non-hydrogen) atoms. The van der Waals surface area contributed by atoms with Crippen molar-refractivity contribution >= 4 is 14.4 Å². The molecule has 0 saturated carbocycles. The fourth-order valence-electron chi connectivity index (χ4n) is 2.47. The molecule has 0 fully saturated rings. The highest BCUT2D eigenvalue weighted by atomic mass is 28.4. The molecule has 1 nitrogen and oxygen atoms in total. The topological polar surface area (TPSA) is 9.23 Å². The van der Waals surface area contributed by atoms with Gasteiger partial charge in [-0.15, -0.1) is 0 Å². The lowest BCUT2D eigenvalue weighted by Crippen LogP contribution is -2.44. The fourth-order valence-corrected chi connectivity index (χ4v) is 4.91. The average molecular weight is 274 g/mol. The predicted molar refractivity (Wildman–Crippen MR) is 85.6 cm³/mol. The molecule has 1 aliphatic rings. The summed E-state index contributed by atoms with van der Waals surface area (Å²) in [5.41, 5.74) is 2.72. The molecule has 0 amide bonds. The molecule has 0 radical (unpaired) electrons. The standard InChI is InChI=1S/C17H26OSi/c1-13(2)17(3,4)19(5,6)18-16-11-14-9-7-8-10-15(14)12-16/h7-11,13H,12H2,1-6H3. The van der Waals surface area contributed by atoms with Gasteiger partial charge in [-0.2, -0.15) is 0 Å². The Kier molecular flexibility index (Phi) is 3.65. The van der Waals surface area contributed by atoms with Crippen LogP contribution in [0.25, 0.3) is 6.08 Å². The Labute approximate surface area is 118 Å². The molecular formula is C17H26OSi. The van der Waals surface area contributed by atoms with Crippen LogP contribution in [0.5, 0.6) is 0 Å². The maximum atomic E-state index is 6.51. The molecular weight excluding hydrogens is 248 g/mol.